The Labute approximate surface area is 132 Å². The molecule has 0 amide bonds. The van der Waals surface area contributed by atoms with E-state index in [1.165, 1.54) is 0 Å². The molecule has 0 saturated carbocycles. The molecule has 1 heterocycles. The lowest BCUT2D eigenvalue weighted by molar-refractivity contribution is 0.463. The molecule has 0 saturated heterocycles. The highest BCUT2D eigenvalue weighted by Crippen LogP contribution is 2.35. The van der Waals surface area contributed by atoms with Gasteiger partial charge in [0.05, 0.1) is 21.2 Å². The van der Waals surface area contributed by atoms with E-state index >= 15 is 0 Å². The molecular weight excluding hydrogens is 307 g/mol. The Morgan fingerprint density at radius 2 is 1.76 bits per heavy atom. The van der Waals surface area contributed by atoms with Crippen LogP contribution in [-0.4, -0.2) is 4.98 Å². The van der Waals surface area contributed by atoms with E-state index in [0.29, 0.717) is 27.4 Å². The second kappa shape index (κ2) is 5.43. The monoisotopic (exact) mass is 318 g/mol. The summed E-state index contributed by atoms with van der Waals surface area (Å²) in [5.41, 5.74) is 8.09. The van der Waals surface area contributed by atoms with Crippen molar-refractivity contribution in [3.05, 3.63) is 58.1 Å². The van der Waals surface area contributed by atoms with Gasteiger partial charge in [-0.1, -0.05) is 41.4 Å². The molecule has 1 aromatic heterocycles. The number of ether oxygens (including phenoxy) is 1. The number of nitrogens with two attached hydrogens (primary N) is 1. The zero-order valence-electron chi connectivity index (χ0n) is 11.2. The first-order valence-electron chi connectivity index (χ1n) is 6.33. The largest absolute Gasteiger partial charge is 0.437 e. The summed E-state index contributed by atoms with van der Waals surface area (Å²) in [5.74, 6) is 0.939. The number of benzene rings is 2. The van der Waals surface area contributed by atoms with Gasteiger partial charge in [-0.3, -0.25) is 0 Å². The summed E-state index contributed by atoms with van der Waals surface area (Å²) in [4.78, 5) is 4.51. The minimum Gasteiger partial charge on any atom is -0.437 e. The van der Waals surface area contributed by atoms with Crippen LogP contribution in [0.1, 0.15) is 5.56 Å². The van der Waals surface area contributed by atoms with Gasteiger partial charge in [-0.2, -0.15) is 0 Å². The lowest BCUT2D eigenvalue weighted by Gasteiger charge is -2.11. The van der Waals surface area contributed by atoms with Crippen molar-refractivity contribution in [1.82, 2.24) is 4.98 Å². The molecule has 0 unspecified atom stereocenters. The number of nitrogens with zero attached hydrogens (tertiary/aromatic N) is 1. The van der Waals surface area contributed by atoms with Gasteiger partial charge in [0.25, 0.3) is 0 Å². The van der Waals surface area contributed by atoms with Gasteiger partial charge in [0.15, 0.2) is 5.75 Å². The quantitative estimate of drug-likeness (QED) is 0.658. The molecule has 0 radical (unpaired) electrons. The van der Waals surface area contributed by atoms with Gasteiger partial charge in [-0.25, -0.2) is 4.98 Å². The fraction of sp³-hybridized carbons (Fsp3) is 0.0625. The van der Waals surface area contributed by atoms with E-state index in [1.807, 2.05) is 37.3 Å². The van der Waals surface area contributed by atoms with Crippen molar-refractivity contribution in [3.8, 4) is 11.6 Å². The average Bonchev–Trinajstić information content (AvgIpc) is 2.45. The van der Waals surface area contributed by atoms with Crippen molar-refractivity contribution >= 4 is 39.8 Å². The third kappa shape index (κ3) is 2.75. The first-order chi connectivity index (χ1) is 10.0. The number of para-hydroxylation sites is 1. The standard InChI is InChI=1S/C16H12Cl2N2O/c1-9-6-10-4-2-3-5-14(10)20-16(9)21-15-8-12(18)11(17)7-13(15)19/h2-8H,19H2,1H3. The van der Waals surface area contributed by atoms with E-state index in [2.05, 4.69) is 4.98 Å². The molecule has 5 heteroatoms. The summed E-state index contributed by atoms with van der Waals surface area (Å²) < 4.78 is 5.80. The van der Waals surface area contributed by atoms with Crippen LogP contribution >= 0.6 is 23.2 Å². The first-order valence-corrected chi connectivity index (χ1v) is 7.09. The van der Waals surface area contributed by atoms with Gasteiger partial charge in [-0.05, 0) is 25.1 Å². The molecule has 0 aliphatic heterocycles. The molecule has 0 atom stereocenters. The van der Waals surface area contributed by atoms with Gasteiger partial charge >= 0.3 is 0 Å². The Kier molecular flexibility index (Phi) is 3.62. The summed E-state index contributed by atoms with van der Waals surface area (Å²) in [6, 6.07) is 13.0. The van der Waals surface area contributed by atoms with Crippen molar-refractivity contribution in [2.75, 3.05) is 5.73 Å². The molecule has 0 spiro atoms. The number of nitrogen functional groups attached to an aromatic ring is 1. The molecule has 3 nitrogen and oxygen atoms in total. The van der Waals surface area contributed by atoms with Crippen molar-refractivity contribution in [2.24, 2.45) is 0 Å². The maximum atomic E-state index is 6.00. The number of hydrogen-bond acceptors (Lipinski definition) is 3. The Hall–Kier alpha value is -1.97. The van der Waals surface area contributed by atoms with E-state index < -0.39 is 0 Å². The van der Waals surface area contributed by atoms with Crippen LogP contribution in [0.2, 0.25) is 10.0 Å². The normalized spacial score (nSPS) is 10.8. The number of anilines is 1. The third-order valence-corrected chi connectivity index (χ3v) is 3.85. The van der Waals surface area contributed by atoms with Crippen LogP contribution in [0.25, 0.3) is 10.9 Å². The third-order valence-electron chi connectivity index (χ3n) is 3.13. The number of aryl methyl sites for hydroxylation is 1. The second-order valence-electron chi connectivity index (χ2n) is 4.71. The van der Waals surface area contributed by atoms with Gasteiger partial charge in [0.2, 0.25) is 5.88 Å². The van der Waals surface area contributed by atoms with Gasteiger partial charge < -0.3 is 10.5 Å². The smallest absolute Gasteiger partial charge is 0.222 e. The van der Waals surface area contributed by atoms with Crippen molar-refractivity contribution in [2.45, 2.75) is 6.92 Å². The van der Waals surface area contributed by atoms with E-state index in [-0.39, 0.29) is 0 Å². The van der Waals surface area contributed by atoms with Gasteiger partial charge in [-0.15, -0.1) is 0 Å². The molecule has 106 valence electrons. The summed E-state index contributed by atoms with van der Waals surface area (Å²) in [7, 11) is 0. The number of hydrogen-bond donors (Lipinski definition) is 1. The van der Waals surface area contributed by atoms with Gasteiger partial charge in [0.1, 0.15) is 0 Å². The number of fused-ring (bicyclic) bond motifs is 1. The molecule has 0 bridgehead atoms. The Morgan fingerprint density at radius 1 is 1.05 bits per heavy atom. The molecule has 0 aliphatic rings. The van der Waals surface area contributed by atoms with Crippen LogP contribution in [-0.2, 0) is 0 Å². The highest BCUT2D eigenvalue weighted by molar-refractivity contribution is 6.42. The van der Waals surface area contributed by atoms with Crippen molar-refractivity contribution < 1.29 is 4.74 Å². The maximum absolute atomic E-state index is 6.00. The minimum absolute atomic E-state index is 0.388. The molecule has 3 rings (SSSR count). The minimum atomic E-state index is 0.388. The predicted molar refractivity (Wildman–Crippen MR) is 87.4 cm³/mol. The second-order valence-corrected chi connectivity index (χ2v) is 5.52. The fourth-order valence-electron chi connectivity index (χ4n) is 2.04. The van der Waals surface area contributed by atoms with Crippen LogP contribution in [0.5, 0.6) is 11.6 Å². The number of rotatable bonds is 2. The van der Waals surface area contributed by atoms with Gasteiger partial charge in [0, 0.05) is 17.0 Å². The highest BCUT2D eigenvalue weighted by Gasteiger charge is 2.10. The SMILES string of the molecule is Cc1cc2ccccc2nc1Oc1cc(Cl)c(Cl)cc1N. The lowest BCUT2D eigenvalue weighted by Crippen LogP contribution is -1.96. The summed E-state index contributed by atoms with van der Waals surface area (Å²) in [5, 5.41) is 1.84. The molecule has 3 aromatic rings. The number of pyridine rings is 1. The molecule has 0 fully saturated rings. The van der Waals surface area contributed by atoms with E-state index in [1.54, 1.807) is 12.1 Å². The van der Waals surface area contributed by atoms with Crippen molar-refractivity contribution in [1.29, 1.82) is 0 Å². The van der Waals surface area contributed by atoms with Crippen LogP contribution in [0.4, 0.5) is 5.69 Å². The summed E-state index contributed by atoms with van der Waals surface area (Å²) in [6.07, 6.45) is 0. The van der Waals surface area contributed by atoms with E-state index in [0.717, 1.165) is 16.5 Å². The molecule has 2 N–H and O–H groups in total. The van der Waals surface area contributed by atoms with E-state index in [9.17, 15) is 0 Å². The zero-order valence-corrected chi connectivity index (χ0v) is 12.7. The summed E-state index contributed by atoms with van der Waals surface area (Å²) in [6.45, 7) is 1.93. The molecular formula is C16H12Cl2N2O. The summed E-state index contributed by atoms with van der Waals surface area (Å²) >= 11 is 11.9. The lowest BCUT2D eigenvalue weighted by atomic mass is 10.2. The van der Waals surface area contributed by atoms with Crippen LogP contribution < -0.4 is 10.5 Å². The molecule has 0 aliphatic carbocycles. The first kappa shape index (κ1) is 14.0. The highest BCUT2D eigenvalue weighted by atomic mass is 35.5. The Morgan fingerprint density at radius 3 is 2.57 bits per heavy atom. The molecule has 21 heavy (non-hydrogen) atoms. The number of halogens is 2. The van der Waals surface area contributed by atoms with E-state index in [4.69, 9.17) is 33.7 Å². The molecule has 2 aromatic carbocycles. The number of aromatic nitrogens is 1. The Balaban J connectivity index is 2.05. The van der Waals surface area contributed by atoms with Crippen LogP contribution in [0.15, 0.2) is 42.5 Å². The predicted octanol–water partition coefficient (Wildman–Crippen LogP) is 5.22. The fourth-order valence-corrected chi connectivity index (χ4v) is 2.37. The van der Waals surface area contributed by atoms with Crippen LogP contribution in [0, 0.1) is 6.92 Å². The average molecular weight is 319 g/mol. The van der Waals surface area contributed by atoms with Crippen LogP contribution in [0.3, 0.4) is 0 Å². The maximum Gasteiger partial charge on any atom is 0.222 e. The van der Waals surface area contributed by atoms with Crippen molar-refractivity contribution in [3.63, 3.8) is 0 Å². The zero-order chi connectivity index (χ0) is 15.0. The topological polar surface area (TPSA) is 48.1 Å². The Bertz CT molecular complexity index is 834.